The van der Waals surface area contributed by atoms with Crippen molar-refractivity contribution in [1.82, 2.24) is 10.6 Å². The summed E-state index contributed by atoms with van der Waals surface area (Å²) < 4.78 is 5.12. The lowest BCUT2D eigenvalue weighted by molar-refractivity contribution is 0.0950. The standard InChI is InChI=1S/C12H18ClN3O2/c1-15-4-3-5-16-12(17)8-6-9(13)10(14)7-11(8)18-2/h6-7,15H,3-5,14H2,1-2H3,(H,16,17). The van der Waals surface area contributed by atoms with Gasteiger partial charge < -0.3 is 21.1 Å². The van der Waals surface area contributed by atoms with E-state index < -0.39 is 0 Å². The Bertz CT molecular complexity index is 424. The molecule has 0 aromatic heterocycles. The van der Waals surface area contributed by atoms with Crippen LogP contribution in [0.1, 0.15) is 16.8 Å². The number of anilines is 1. The van der Waals surface area contributed by atoms with Gasteiger partial charge in [-0.15, -0.1) is 0 Å². The maximum absolute atomic E-state index is 11.9. The summed E-state index contributed by atoms with van der Waals surface area (Å²) in [6, 6.07) is 3.06. The fraction of sp³-hybridized carbons (Fsp3) is 0.417. The van der Waals surface area contributed by atoms with Gasteiger partial charge in [-0.3, -0.25) is 4.79 Å². The third-order valence-corrected chi connectivity index (χ3v) is 2.78. The molecular formula is C12H18ClN3O2. The Balaban J connectivity index is 2.75. The Morgan fingerprint density at radius 2 is 2.17 bits per heavy atom. The lowest BCUT2D eigenvalue weighted by Gasteiger charge is -2.11. The predicted molar refractivity (Wildman–Crippen MR) is 73.3 cm³/mol. The van der Waals surface area contributed by atoms with Crippen LogP contribution in [-0.2, 0) is 0 Å². The van der Waals surface area contributed by atoms with Crippen molar-refractivity contribution in [3.63, 3.8) is 0 Å². The number of nitrogens with one attached hydrogen (secondary N) is 2. The van der Waals surface area contributed by atoms with Crippen LogP contribution < -0.4 is 21.1 Å². The molecule has 6 heteroatoms. The average Bonchev–Trinajstić information content (AvgIpc) is 2.37. The minimum Gasteiger partial charge on any atom is -0.496 e. The second-order valence-corrected chi connectivity index (χ2v) is 4.19. The van der Waals surface area contributed by atoms with E-state index in [1.165, 1.54) is 13.2 Å². The lowest BCUT2D eigenvalue weighted by Crippen LogP contribution is -2.27. The van der Waals surface area contributed by atoms with Gasteiger partial charge in [-0.1, -0.05) is 11.6 Å². The summed E-state index contributed by atoms with van der Waals surface area (Å²) in [6.07, 6.45) is 0.854. The maximum Gasteiger partial charge on any atom is 0.255 e. The number of nitrogens with two attached hydrogens (primary N) is 1. The predicted octanol–water partition coefficient (Wildman–Crippen LogP) is 1.27. The van der Waals surface area contributed by atoms with Crippen molar-refractivity contribution in [1.29, 1.82) is 0 Å². The molecule has 0 atom stereocenters. The summed E-state index contributed by atoms with van der Waals surface area (Å²) in [4.78, 5) is 11.9. The van der Waals surface area contributed by atoms with Gasteiger partial charge in [0, 0.05) is 12.6 Å². The Kier molecular flexibility index (Phi) is 5.74. The van der Waals surface area contributed by atoms with Crippen molar-refractivity contribution in [2.45, 2.75) is 6.42 Å². The summed E-state index contributed by atoms with van der Waals surface area (Å²) in [7, 11) is 3.35. The van der Waals surface area contributed by atoms with Crippen molar-refractivity contribution in [3.8, 4) is 5.75 Å². The second-order valence-electron chi connectivity index (χ2n) is 3.79. The number of carbonyl (C=O) groups excluding carboxylic acids is 1. The molecule has 4 N–H and O–H groups in total. The molecular weight excluding hydrogens is 254 g/mol. The molecule has 100 valence electrons. The van der Waals surface area contributed by atoms with Crippen molar-refractivity contribution in [2.75, 3.05) is 33.0 Å². The second kappa shape index (κ2) is 7.08. The molecule has 0 spiro atoms. The molecule has 1 rings (SSSR count). The van der Waals surface area contributed by atoms with Gasteiger partial charge in [0.05, 0.1) is 23.4 Å². The number of amides is 1. The van der Waals surface area contributed by atoms with Crippen molar-refractivity contribution >= 4 is 23.2 Å². The first-order valence-electron chi connectivity index (χ1n) is 5.66. The van der Waals surface area contributed by atoms with E-state index in [9.17, 15) is 4.79 Å². The van der Waals surface area contributed by atoms with E-state index in [2.05, 4.69) is 10.6 Å². The highest BCUT2D eigenvalue weighted by molar-refractivity contribution is 6.33. The molecule has 0 fully saturated rings. The third-order valence-electron chi connectivity index (χ3n) is 2.45. The van der Waals surface area contributed by atoms with Gasteiger partial charge in [0.25, 0.3) is 5.91 Å². The molecule has 0 radical (unpaired) electrons. The van der Waals surface area contributed by atoms with Crippen molar-refractivity contribution in [3.05, 3.63) is 22.7 Å². The average molecular weight is 272 g/mol. The molecule has 0 unspecified atom stereocenters. The number of nitrogen functional groups attached to an aromatic ring is 1. The SMILES string of the molecule is CNCCCNC(=O)c1cc(Cl)c(N)cc1OC. The van der Waals surface area contributed by atoms with Crippen molar-refractivity contribution < 1.29 is 9.53 Å². The van der Waals surface area contributed by atoms with Gasteiger partial charge in [-0.2, -0.15) is 0 Å². The number of carbonyl (C=O) groups is 1. The molecule has 0 saturated heterocycles. The summed E-state index contributed by atoms with van der Waals surface area (Å²) >= 11 is 5.90. The Morgan fingerprint density at radius 3 is 2.78 bits per heavy atom. The molecule has 18 heavy (non-hydrogen) atoms. The Labute approximate surface area is 112 Å². The number of halogens is 1. The van der Waals surface area contributed by atoms with Crippen LogP contribution in [0.3, 0.4) is 0 Å². The number of rotatable bonds is 6. The van der Waals surface area contributed by atoms with Gasteiger partial charge in [0.1, 0.15) is 5.75 Å². The molecule has 0 saturated carbocycles. The fourth-order valence-electron chi connectivity index (χ4n) is 1.48. The first-order valence-corrected chi connectivity index (χ1v) is 6.03. The topological polar surface area (TPSA) is 76.4 Å². The number of benzene rings is 1. The Morgan fingerprint density at radius 1 is 1.44 bits per heavy atom. The van der Waals surface area contributed by atoms with Crippen LogP contribution in [-0.4, -0.2) is 33.2 Å². The van der Waals surface area contributed by atoms with Gasteiger partial charge in [-0.25, -0.2) is 0 Å². The molecule has 1 amide bonds. The van der Waals surface area contributed by atoms with Crippen molar-refractivity contribution in [2.24, 2.45) is 0 Å². The van der Waals surface area contributed by atoms with Crippen LogP contribution in [0.4, 0.5) is 5.69 Å². The van der Waals surface area contributed by atoms with Crippen LogP contribution in [0.25, 0.3) is 0 Å². The summed E-state index contributed by atoms with van der Waals surface area (Å²) in [6.45, 7) is 1.44. The first-order chi connectivity index (χ1) is 8.60. The third kappa shape index (κ3) is 3.78. The van der Waals surface area contributed by atoms with Gasteiger partial charge in [-0.05, 0) is 26.1 Å². The smallest absolute Gasteiger partial charge is 0.255 e. The monoisotopic (exact) mass is 271 g/mol. The van der Waals surface area contributed by atoms with Gasteiger partial charge in [0.15, 0.2) is 0 Å². The van der Waals surface area contributed by atoms with Crippen LogP contribution in [0, 0.1) is 0 Å². The largest absolute Gasteiger partial charge is 0.496 e. The van der Waals surface area contributed by atoms with Crippen LogP contribution in [0.5, 0.6) is 5.75 Å². The minimum absolute atomic E-state index is 0.218. The maximum atomic E-state index is 11.9. The zero-order chi connectivity index (χ0) is 13.5. The van der Waals surface area contributed by atoms with Gasteiger partial charge >= 0.3 is 0 Å². The summed E-state index contributed by atoms with van der Waals surface area (Å²) in [5, 5.41) is 6.15. The van der Waals surface area contributed by atoms with E-state index in [0.29, 0.717) is 28.6 Å². The summed E-state index contributed by atoms with van der Waals surface area (Å²) in [5.74, 6) is 0.202. The van der Waals surface area contributed by atoms with Crippen LogP contribution in [0.15, 0.2) is 12.1 Å². The fourth-order valence-corrected chi connectivity index (χ4v) is 1.64. The van der Waals surface area contributed by atoms with Crippen LogP contribution >= 0.6 is 11.6 Å². The van der Waals surface area contributed by atoms with E-state index in [0.717, 1.165) is 13.0 Å². The lowest BCUT2D eigenvalue weighted by atomic mass is 10.1. The summed E-state index contributed by atoms with van der Waals surface area (Å²) in [5.41, 5.74) is 6.43. The Hall–Kier alpha value is -1.46. The van der Waals surface area contributed by atoms with E-state index in [4.69, 9.17) is 22.1 Å². The van der Waals surface area contributed by atoms with E-state index in [1.54, 1.807) is 6.07 Å². The molecule has 0 aliphatic heterocycles. The number of hydrogen-bond donors (Lipinski definition) is 3. The minimum atomic E-state index is -0.218. The number of ether oxygens (including phenoxy) is 1. The highest BCUT2D eigenvalue weighted by Gasteiger charge is 2.14. The zero-order valence-corrected chi connectivity index (χ0v) is 11.3. The van der Waals surface area contributed by atoms with E-state index in [-0.39, 0.29) is 5.91 Å². The zero-order valence-electron chi connectivity index (χ0n) is 10.5. The van der Waals surface area contributed by atoms with E-state index in [1.807, 2.05) is 7.05 Å². The molecule has 1 aromatic rings. The normalized spacial score (nSPS) is 10.2. The quantitative estimate of drug-likeness (QED) is 0.538. The molecule has 5 nitrogen and oxygen atoms in total. The van der Waals surface area contributed by atoms with E-state index >= 15 is 0 Å². The first kappa shape index (κ1) is 14.6. The molecule has 0 aliphatic carbocycles. The molecule has 0 aliphatic rings. The van der Waals surface area contributed by atoms with Crippen LogP contribution in [0.2, 0.25) is 5.02 Å². The highest BCUT2D eigenvalue weighted by atomic mass is 35.5. The molecule has 0 bridgehead atoms. The molecule has 1 aromatic carbocycles. The number of hydrogen-bond acceptors (Lipinski definition) is 4. The van der Waals surface area contributed by atoms with Gasteiger partial charge in [0.2, 0.25) is 0 Å². The number of methoxy groups -OCH3 is 1. The highest BCUT2D eigenvalue weighted by Crippen LogP contribution is 2.28. The molecule has 0 heterocycles.